The first-order valence-electron chi connectivity index (χ1n) is 9.70. The number of fused-ring (bicyclic) bond motifs is 5. The van der Waals surface area contributed by atoms with E-state index in [2.05, 4.69) is 0 Å². The van der Waals surface area contributed by atoms with E-state index in [1.807, 2.05) is 6.92 Å². The highest BCUT2D eigenvalue weighted by Gasteiger charge is 2.71. The Bertz CT molecular complexity index is 1190. The average Bonchev–Trinajstić information content (AvgIpc) is 3.10. The molecule has 0 radical (unpaired) electrons. The monoisotopic (exact) mass is 441 g/mol. The maximum atomic E-state index is 14.0. The van der Waals surface area contributed by atoms with Crippen molar-refractivity contribution in [1.29, 1.82) is 0 Å². The highest BCUT2D eigenvalue weighted by atomic mass is 32.2. The van der Waals surface area contributed by atoms with Gasteiger partial charge in [-0.3, -0.25) is 0 Å². The van der Waals surface area contributed by atoms with E-state index < -0.39 is 33.0 Å². The molecule has 7 nitrogen and oxygen atoms in total. The van der Waals surface area contributed by atoms with E-state index in [4.69, 9.17) is 9.47 Å². The van der Waals surface area contributed by atoms with Crippen LogP contribution in [0, 0.1) is 6.92 Å². The van der Waals surface area contributed by atoms with Gasteiger partial charge in [0.25, 0.3) is 0 Å². The van der Waals surface area contributed by atoms with Crippen LogP contribution in [-0.4, -0.2) is 38.9 Å². The lowest BCUT2D eigenvalue weighted by Gasteiger charge is -2.36. The highest BCUT2D eigenvalue weighted by Crippen LogP contribution is 2.64. The number of benzene rings is 2. The quantitative estimate of drug-likeness (QED) is 0.678. The Labute approximate surface area is 181 Å². The minimum absolute atomic E-state index is 0.0289. The number of sulfonamides is 1. The van der Waals surface area contributed by atoms with Gasteiger partial charge < -0.3 is 9.47 Å². The van der Waals surface area contributed by atoms with E-state index in [0.29, 0.717) is 11.1 Å². The van der Waals surface area contributed by atoms with E-state index in [1.165, 1.54) is 30.7 Å². The molecule has 0 spiro atoms. The first-order chi connectivity index (χ1) is 14.6. The fraction of sp³-hybridized carbons (Fsp3) is 0.304. The third kappa shape index (κ3) is 2.52. The molecule has 2 heterocycles. The molecule has 162 valence electrons. The number of aryl methyl sites for hydroxylation is 1. The Morgan fingerprint density at radius 2 is 1.23 bits per heavy atom. The summed E-state index contributed by atoms with van der Waals surface area (Å²) in [6.07, 6.45) is 0. The van der Waals surface area contributed by atoms with E-state index in [1.54, 1.807) is 50.2 Å². The lowest BCUT2D eigenvalue weighted by Crippen LogP contribution is -2.48. The molecule has 2 bridgehead atoms. The summed E-state index contributed by atoms with van der Waals surface area (Å²) in [7, 11) is -1.75. The van der Waals surface area contributed by atoms with Gasteiger partial charge in [0.15, 0.2) is 0 Å². The van der Waals surface area contributed by atoms with Crippen LogP contribution < -0.4 is 0 Å². The predicted octanol–water partition coefficient (Wildman–Crippen LogP) is 2.79. The average molecular weight is 442 g/mol. The Hall–Kier alpha value is -2.97. The smallest absolute Gasteiger partial charge is 0.336 e. The molecule has 0 aliphatic carbocycles. The molecule has 0 amide bonds. The SMILES string of the molecule is COC(=O)C1=C(C(=O)OC)C2(C)c3ccccc3C1(C)N2S(=O)(=O)c1ccc(C)cc1. The van der Waals surface area contributed by atoms with Crippen molar-refractivity contribution in [1.82, 2.24) is 4.31 Å². The van der Waals surface area contributed by atoms with Gasteiger partial charge in [-0.2, -0.15) is 4.31 Å². The lowest BCUT2D eigenvalue weighted by molar-refractivity contribution is -0.140. The summed E-state index contributed by atoms with van der Waals surface area (Å²) < 4.78 is 39.2. The molecule has 2 aliphatic heterocycles. The van der Waals surface area contributed by atoms with Crippen LogP contribution >= 0.6 is 0 Å². The van der Waals surface area contributed by atoms with E-state index >= 15 is 0 Å². The van der Waals surface area contributed by atoms with Gasteiger partial charge >= 0.3 is 11.9 Å². The zero-order valence-corrected chi connectivity index (χ0v) is 18.7. The zero-order chi connectivity index (χ0) is 22.8. The van der Waals surface area contributed by atoms with E-state index in [9.17, 15) is 18.0 Å². The van der Waals surface area contributed by atoms with Crippen molar-refractivity contribution in [3.63, 3.8) is 0 Å². The lowest BCUT2D eigenvalue weighted by atomic mass is 9.73. The summed E-state index contributed by atoms with van der Waals surface area (Å²) in [4.78, 5) is 25.9. The van der Waals surface area contributed by atoms with Crippen molar-refractivity contribution in [2.45, 2.75) is 36.7 Å². The summed E-state index contributed by atoms with van der Waals surface area (Å²) in [6, 6.07) is 13.6. The largest absolute Gasteiger partial charge is 0.466 e. The molecular weight excluding hydrogens is 418 g/mol. The Balaban J connectivity index is 2.10. The van der Waals surface area contributed by atoms with Gasteiger partial charge in [-0.25, -0.2) is 18.0 Å². The molecule has 2 aromatic rings. The molecule has 2 unspecified atom stereocenters. The summed E-state index contributed by atoms with van der Waals surface area (Å²) >= 11 is 0. The van der Waals surface area contributed by atoms with Crippen molar-refractivity contribution in [3.05, 3.63) is 76.4 Å². The Kier molecular flexibility index (Phi) is 4.64. The first-order valence-corrected chi connectivity index (χ1v) is 11.1. The summed E-state index contributed by atoms with van der Waals surface area (Å²) in [5, 5.41) is 0. The maximum Gasteiger partial charge on any atom is 0.336 e. The normalized spacial score (nSPS) is 24.8. The van der Waals surface area contributed by atoms with Crippen molar-refractivity contribution < 1.29 is 27.5 Å². The maximum absolute atomic E-state index is 14.0. The Morgan fingerprint density at radius 3 is 1.61 bits per heavy atom. The number of hydrogen-bond acceptors (Lipinski definition) is 6. The molecular formula is C23H23NO6S. The fourth-order valence-electron chi connectivity index (χ4n) is 5.06. The third-order valence-electron chi connectivity index (χ3n) is 6.35. The second kappa shape index (κ2) is 6.77. The van der Waals surface area contributed by atoms with Crippen LogP contribution in [0.25, 0.3) is 0 Å². The van der Waals surface area contributed by atoms with Gasteiger partial charge in [-0.15, -0.1) is 0 Å². The number of hydrogen-bond donors (Lipinski definition) is 0. The fourth-order valence-corrected chi connectivity index (χ4v) is 7.09. The van der Waals surface area contributed by atoms with Gasteiger partial charge in [0, 0.05) is 0 Å². The minimum Gasteiger partial charge on any atom is -0.466 e. The molecule has 31 heavy (non-hydrogen) atoms. The zero-order valence-electron chi connectivity index (χ0n) is 17.9. The summed E-state index contributed by atoms with van der Waals surface area (Å²) in [5.74, 6) is -1.55. The van der Waals surface area contributed by atoms with Crippen LogP contribution in [0.15, 0.2) is 64.6 Å². The van der Waals surface area contributed by atoms with Crippen molar-refractivity contribution >= 4 is 22.0 Å². The van der Waals surface area contributed by atoms with Crippen LogP contribution in [-0.2, 0) is 40.2 Å². The second-order valence-corrected chi connectivity index (χ2v) is 9.79. The number of methoxy groups -OCH3 is 2. The molecule has 0 saturated heterocycles. The van der Waals surface area contributed by atoms with Crippen LogP contribution in [0.5, 0.6) is 0 Å². The molecule has 0 fully saturated rings. The molecule has 2 atom stereocenters. The van der Waals surface area contributed by atoms with Gasteiger partial charge in [-0.05, 0) is 44.0 Å². The van der Waals surface area contributed by atoms with Crippen molar-refractivity contribution in [2.75, 3.05) is 14.2 Å². The standard InChI is InChI=1S/C23H23NO6S/c1-14-10-12-15(13-11-14)31(27,28)24-22(2)16-8-6-7-9-17(16)23(24,3)19(21(26)30-5)18(22)20(25)29-4/h6-13H,1-5H3. The van der Waals surface area contributed by atoms with Crippen molar-refractivity contribution in [3.8, 4) is 0 Å². The van der Waals surface area contributed by atoms with Crippen molar-refractivity contribution in [2.24, 2.45) is 0 Å². The molecule has 4 rings (SSSR count). The molecule has 0 N–H and O–H groups in total. The number of carbonyl (C=O) groups is 2. The predicted molar refractivity (Wildman–Crippen MR) is 112 cm³/mol. The van der Waals surface area contributed by atoms with E-state index in [0.717, 1.165) is 5.56 Å². The number of nitrogens with zero attached hydrogens (tertiary/aromatic N) is 1. The van der Waals surface area contributed by atoms with Crippen LogP contribution in [0.3, 0.4) is 0 Å². The number of rotatable bonds is 4. The minimum atomic E-state index is -4.15. The highest BCUT2D eigenvalue weighted by molar-refractivity contribution is 7.89. The van der Waals surface area contributed by atoms with Crippen LogP contribution in [0.4, 0.5) is 0 Å². The summed E-state index contributed by atoms with van der Waals surface area (Å²) in [6.45, 7) is 5.12. The van der Waals surface area contributed by atoms with Gasteiger partial charge in [0.05, 0.1) is 41.3 Å². The number of carbonyl (C=O) groups excluding carboxylic acids is 2. The second-order valence-electron chi connectivity index (χ2n) is 8.01. The topological polar surface area (TPSA) is 90.0 Å². The van der Waals surface area contributed by atoms with Gasteiger partial charge in [0.2, 0.25) is 10.0 Å². The van der Waals surface area contributed by atoms with Gasteiger partial charge in [0.1, 0.15) is 0 Å². The number of ether oxygens (including phenoxy) is 2. The number of esters is 2. The molecule has 0 aromatic heterocycles. The molecule has 8 heteroatoms. The summed E-state index contributed by atoms with van der Waals surface area (Å²) in [5.41, 5.74) is -0.801. The molecule has 2 aromatic carbocycles. The van der Waals surface area contributed by atoms with Crippen LogP contribution in [0.2, 0.25) is 0 Å². The van der Waals surface area contributed by atoms with Gasteiger partial charge in [-0.1, -0.05) is 42.0 Å². The molecule has 0 saturated carbocycles. The van der Waals surface area contributed by atoms with E-state index in [-0.39, 0.29) is 16.0 Å². The van der Waals surface area contributed by atoms with Crippen LogP contribution in [0.1, 0.15) is 30.5 Å². The first kappa shape index (κ1) is 21.3. The Morgan fingerprint density at radius 1 is 0.806 bits per heavy atom. The third-order valence-corrected chi connectivity index (χ3v) is 8.43. The molecule has 2 aliphatic rings.